The lowest BCUT2D eigenvalue weighted by atomic mass is 9.95. The SMILES string of the molecule is O=C(COc1ccc2ccccc2c1)NCC1CCN([C@H]2CCSC2)CC1. The maximum Gasteiger partial charge on any atom is 0.257 e. The average molecular weight is 385 g/mol. The van der Waals surface area contributed by atoms with Gasteiger partial charge in [-0.05, 0) is 66.9 Å². The highest BCUT2D eigenvalue weighted by Crippen LogP contribution is 2.26. The van der Waals surface area contributed by atoms with E-state index in [1.807, 2.05) is 30.3 Å². The van der Waals surface area contributed by atoms with Gasteiger partial charge in [0.1, 0.15) is 5.75 Å². The highest BCUT2D eigenvalue weighted by atomic mass is 32.2. The molecule has 0 bridgehead atoms. The quantitative estimate of drug-likeness (QED) is 0.827. The summed E-state index contributed by atoms with van der Waals surface area (Å²) in [6.45, 7) is 3.21. The van der Waals surface area contributed by atoms with E-state index in [9.17, 15) is 4.79 Å². The molecule has 27 heavy (non-hydrogen) atoms. The molecule has 0 unspecified atom stereocenters. The van der Waals surface area contributed by atoms with Crippen molar-refractivity contribution in [3.63, 3.8) is 0 Å². The van der Waals surface area contributed by atoms with E-state index in [0.29, 0.717) is 5.92 Å². The van der Waals surface area contributed by atoms with Crippen LogP contribution in [0.3, 0.4) is 0 Å². The van der Waals surface area contributed by atoms with E-state index >= 15 is 0 Å². The predicted molar refractivity (Wildman–Crippen MR) is 112 cm³/mol. The molecule has 1 N–H and O–H groups in total. The van der Waals surface area contributed by atoms with Gasteiger partial charge in [0.15, 0.2) is 6.61 Å². The first kappa shape index (κ1) is 18.6. The summed E-state index contributed by atoms with van der Waals surface area (Å²) >= 11 is 2.08. The molecule has 2 aromatic rings. The average Bonchev–Trinajstić information content (AvgIpc) is 3.26. The maximum atomic E-state index is 12.1. The van der Waals surface area contributed by atoms with Crippen LogP contribution in [0.5, 0.6) is 5.75 Å². The van der Waals surface area contributed by atoms with Gasteiger partial charge in [-0.1, -0.05) is 30.3 Å². The number of ether oxygens (including phenoxy) is 1. The standard InChI is InChI=1S/C22H28N2O2S/c25-22(15-26-21-6-5-18-3-1-2-4-19(18)13-21)23-14-17-7-10-24(11-8-17)20-9-12-27-16-20/h1-6,13,17,20H,7-12,14-16H2,(H,23,25)/t20-/m0/s1. The zero-order valence-electron chi connectivity index (χ0n) is 15.7. The number of nitrogens with one attached hydrogen (secondary N) is 1. The Morgan fingerprint density at radius 2 is 1.93 bits per heavy atom. The number of amides is 1. The number of fused-ring (bicyclic) bond motifs is 1. The Balaban J connectivity index is 1.17. The van der Waals surface area contributed by atoms with E-state index in [2.05, 4.69) is 34.1 Å². The third-order valence-corrected chi connectivity index (χ3v) is 6.89. The van der Waals surface area contributed by atoms with E-state index in [4.69, 9.17) is 4.74 Å². The largest absolute Gasteiger partial charge is 0.484 e. The lowest BCUT2D eigenvalue weighted by Crippen LogP contribution is -2.44. The van der Waals surface area contributed by atoms with Gasteiger partial charge in [-0.2, -0.15) is 11.8 Å². The number of rotatable bonds is 6. The van der Waals surface area contributed by atoms with E-state index in [1.165, 1.54) is 49.2 Å². The summed E-state index contributed by atoms with van der Waals surface area (Å²) < 4.78 is 5.68. The Labute approximate surface area is 165 Å². The molecule has 2 saturated heterocycles. The first-order valence-corrected chi connectivity index (χ1v) is 11.1. The van der Waals surface area contributed by atoms with Crippen LogP contribution in [-0.4, -0.2) is 54.6 Å². The molecule has 0 spiro atoms. The van der Waals surface area contributed by atoms with Gasteiger partial charge in [0.2, 0.25) is 0 Å². The molecule has 2 aliphatic rings. The Hall–Kier alpha value is -1.72. The highest BCUT2D eigenvalue weighted by Gasteiger charge is 2.27. The summed E-state index contributed by atoms with van der Waals surface area (Å²) in [5.41, 5.74) is 0. The molecule has 2 aromatic carbocycles. The molecule has 4 rings (SSSR count). The van der Waals surface area contributed by atoms with Crippen molar-refractivity contribution in [1.29, 1.82) is 0 Å². The van der Waals surface area contributed by atoms with Crippen molar-refractivity contribution in [2.75, 3.05) is 37.7 Å². The third-order valence-electron chi connectivity index (χ3n) is 5.75. The van der Waals surface area contributed by atoms with Gasteiger partial charge in [-0.3, -0.25) is 9.69 Å². The van der Waals surface area contributed by atoms with Crippen LogP contribution in [0.15, 0.2) is 42.5 Å². The molecule has 0 aliphatic carbocycles. The Morgan fingerprint density at radius 1 is 1.11 bits per heavy atom. The second-order valence-electron chi connectivity index (χ2n) is 7.60. The molecule has 1 amide bonds. The molecule has 0 radical (unpaired) electrons. The normalized spacial score (nSPS) is 21.4. The van der Waals surface area contributed by atoms with Crippen molar-refractivity contribution >= 4 is 28.4 Å². The van der Waals surface area contributed by atoms with Crippen molar-refractivity contribution < 1.29 is 9.53 Å². The van der Waals surface area contributed by atoms with E-state index in [-0.39, 0.29) is 12.5 Å². The van der Waals surface area contributed by atoms with E-state index in [1.54, 1.807) is 0 Å². The highest BCUT2D eigenvalue weighted by molar-refractivity contribution is 7.99. The van der Waals surface area contributed by atoms with Crippen molar-refractivity contribution in [2.24, 2.45) is 5.92 Å². The minimum absolute atomic E-state index is 0.0298. The molecule has 2 fully saturated rings. The van der Waals surface area contributed by atoms with Crippen molar-refractivity contribution in [2.45, 2.75) is 25.3 Å². The minimum atomic E-state index is -0.0298. The summed E-state index contributed by atoms with van der Waals surface area (Å²) in [4.78, 5) is 14.8. The second kappa shape index (κ2) is 8.98. The predicted octanol–water partition coefficient (Wildman–Crippen LogP) is 3.55. The van der Waals surface area contributed by atoms with Crippen molar-refractivity contribution in [3.8, 4) is 5.75 Å². The monoisotopic (exact) mass is 384 g/mol. The zero-order chi connectivity index (χ0) is 18.5. The fourth-order valence-electron chi connectivity index (χ4n) is 4.05. The van der Waals surface area contributed by atoms with Gasteiger partial charge >= 0.3 is 0 Å². The first-order valence-electron chi connectivity index (χ1n) is 9.98. The van der Waals surface area contributed by atoms with Crippen LogP contribution in [0.2, 0.25) is 0 Å². The molecule has 2 aliphatic heterocycles. The summed E-state index contributed by atoms with van der Waals surface area (Å²) in [5, 5.41) is 5.36. The van der Waals surface area contributed by atoms with Crippen LogP contribution >= 0.6 is 11.8 Å². The Bertz CT molecular complexity index is 768. The molecule has 4 nitrogen and oxygen atoms in total. The smallest absolute Gasteiger partial charge is 0.257 e. The summed E-state index contributed by atoms with van der Waals surface area (Å²) in [6.07, 6.45) is 3.72. The lowest BCUT2D eigenvalue weighted by molar-refractivity contribution is -0.123. The molecule has 5 heteroatoms. The Morgan fingerprint density at radius 3 is 2.70 bits per heavy atom. The Kier molecular flexibility index (Phi) is 6.20. The topological polar surface area (TPSA) is 41.6 Å². The number of carbonyl (C=O) groups excluding carboxylic acids is 1. The van der Waals surface area contributed by atoms with Gasteiger partial charge < -0.3 is 10.1 Å². The van der Waals surface area contributed by atoms with Gasteiger partial charge in [-0.25, -0.2) is 0 Å². The number of benzene rings is 2. The van der Waals surface area contributed by atoms with E-state index < -0.39 is 0 Å². The van der Waals surface area contributed by atoms with Gasteiger partial charge in [0.05, 0.1) is 0 Å². The molecule has 2 heterocycles. The number of likely N-dealkylation sites (tertiary alicyclic amines) is 1. The zero-order valence-corrected chi connectivity index (χ0v) is 16.5. The van der Waals surface area contributed by atoms with Crippen LogP contribution in [0.4, 0.5) is 0 Å². The lowest BCUT2D eigenvalue weighted by Gasteiger charge is -2.35. The summed E-state index contributed by atoms with van der Waals surface area (Å²) in [6, 6.07) is 14.9. The number of piperidine rings is 1. The molecule has 144 valence electrons. The second-order valence-corrected chi connectivity index (χ2v) is 8.75. The number of hydrogen-bond donors (Lipinski definition) is 1. The first-order chi connectivity index (χ1) is 13.3. The van der Waals surface area contributed by atoms with Crippen LogP contribution in [0, 0.1) is 5.92 Å². The summed E-state index contributed by atoms with van der Waals surface area (Å²) in [7, 11) is 0. The molecular formula is C22H28N2O2S. The van der Waals surface area contributed by atoms with Gasteiger partial charge in [0, 0.05) is 18.3 Å². The molecule has 1 atom stereocenters. The van der Waals surface area contributed by atoms with Gasteiger partial charge in [-0.15, -0.1) is 0 Å². The molecule has 0 saturated carbocycles. The fourth-order valence-corrected chi connectivity index (χ4v) is 5.30. The summed E-state index contributed by atoms with van der Waals surface area (Å²) in [5.74, 6) is 3.93. The van der Waals surface area contributed by atoms with Crippen molar-refractivity contribution in [1.82, 2.24) is 10.2 Å². The number of carbonyl (C=O) groups is 1. The van der Waals surface area contributed by atoms with Crippen LogP contribution in [0.1, 0.15) is 19.3 Å². The third kappa shape index (κ3) is 4.96. The van der Waals surface area contributed by atoms with Crippen LogP contribution in [0.25, 0.3) is 10.8 Å². The number of hydrogen-bond acceptors (Lipinski definition) is 4. The van der Waals surface area contributed by atoms with Gasteiger partial charge in [0.25, 0.3) is 5.91 Å². The van der Waals surface area contributed by atoms with Crippen LogP contribution < -0.4 is 10.1 Å². The maximum absolute atomic E-state index is 12.1. The minimum Gasteiger partial charge on any atom is -0.484 e. The molecular weight excluding hydrogens is 356 g/mol. The number of nitrogens with zero attached hydrogens (tertiary/aromatic N) is 1. The van der Waals surface area contributed by atoms with Crippen LogP contribution in [-0.2, 0) is 4.79 Å². The molecule has 0 aromatic heterocycles. The van der Waals surface area contributed by atoms with Crippen molar-refractivity contribution in [3.05, 3.63) is 42.5 Å². The fraction of sp³-hybridized carbons (Fsp3) is 0.500. The number of thioether (sulfide) groups is 1. The van der Waals surface area contributed by atoms with E-state index in [0.717, 1.165) is 23.7 Å².